The third kappa shape index (κ3) is 4.72. The molecule has 1 saturated heterocycles. The van der Waals surface area contributed by atoms with E-state index in [-0.39, 0.29) is 23.7 Å². The van der Waals surface area contributed by atoms with Crippen molar-refractivity contribution in [2.24, 2.45) is 0 Å². The lowest BCUT2D eigenvalue weighted by Crippen LogP contribution is -2.42. The topological polar surface area (TPSA) is 93.7 Å². The molecule has 0 aliphatic carbocycles. The van der Waals surface area contributed by atoms with Gasteiger partial charge in [0, 0.05) is 36.3 Å². The highest BCUT2D eigenvalue weighted by molar-refractivity contribution is 7.09. The number of rotatable bonds is 8. The van der Waals surface area contributed by atoms with Crippen LogP contribution >= 0.6 is 11.5 Å². The number of amides is 2. The summed E-state index contributed by atoms with van der Waals surface area (Å²) in [4.78, 5) is 31.3. The van der Waals surface area contributed by atoms with E-state index in [1.165, 1.54) is 0 Å². The molecule has 2 aromatic rings. The Morgan fingerprint density at radius 2 is 2.10 bits per heavy atom. The molecule has 30 heavy (non-hydrogen) atoms. The summed E-state index contributed by atoms with van der Waals surface area (Å²) in [6.45, 7) is 8.63. The van der Waals surface area contributed by atoms with E-state index in [4.69, 9.17) is 9.47 Å². The number of aromatic nitrogens is 2. The number of nitrogens with zero attached hydrogens (tertiary/aromatic N) is 3. The number of anilines is 1. The van der Waals surface area contributed by atoms with E-state index in [9.17, 15) is 9.59 Å². The smallest absolute Gasteiger partial charge is 0.248 e. The second-order valence-corrected chi connectivity index (χ2v) is 8.32. The molecule has 2 heterocycles. The molecule has 0 saturated carbocycles. The molecule has 2 atom stereocenters. The number of nitrogens with one attached hydrogen (secondary N) is 1. The Kier molecular flexibility index (Phi) is 6.91. The number of ether oxygens (including phenoxy) is 2. The van der Waals surface area contributed by atoms with Crippen molar-refractivity contribution in [2.45, 2.75) is 52.0 Å². The molecule has 162 valence electrons. The fraction of sp³-hybridized carbons (Fsp3) is 0.524. The minimum atomic E-state index is -0.599. The van der Waals surface area contributed by atoms with Crippen molar-refractivity contribution < 1.29 is 19.1 Å². The van der Waals surface area contributed by atoms with Gasteiger partial charge in [0.25, 0.3) is 0 Å². The van der Waals surface area contributed by atoms with Crippen LogP contribution < -0.4 is 14.8 Å². The highest BCUT2D eigenvalue weighted by Gasteiger charge is 2.36. The van der Waals surface area contributed by atoms with Gasteiger partial charge in [-0.2, -0.15) is 4.37 Å². The number of carbonyl (C=O) groups excluding carboxylic acids is 2. The summed E-state index contributed by atoms with van der Waals surface area (Å²) in [5.74, 6) is 1.89. The Hall–Kier alpha value is -2.68. The molecule has 0 spiro atoms. The molecule has 2 amide bonds. The van der Waals surface area contributed by atoms with E-state index in [0.29, 0.717) is 42.0 Å². The van der Waals surface area contributed by atoms with Gasteiger partial charge >= 0.3 is 0 Å². The van der Waals surface area contributed by atoms with E-state index in [1.54, 1.807) is 18.9 Å². The third-order valence-electron chi connectivity index (χ3n) is 5.15. The van der Waals surface area contributed by atoms with Gasteiger partial charge < -0.3 is 14.4 Å². The summed E-state index contributed by atoms with van der Waals surface area (Å²) in [7, 11) is 1.60. The van der Waals surface area contributed by atoms with Crippen molar-refractivity contribution in [2.75, 3.05) is 25.6 Å². The molecular formula is C21H28N4O4S. The van der Waals surface area contributed by atoms with Gasteiger partial charge in [0.15, 0.2) is 11.5 Å². The van der Waals surface area contributed by atoms with Crippen molar-refractivity contribution in [3.05, 3.63) is 29.6 Å². The summed E-state index contributed by atoms with van der Waals surface area (Å²) in [6.07, 6.45) is 0.353. The van der Waals surface area contributed by atoms with Gasteiger partial charge in [-0.3, -0.25) is 14.9 Å². The van der Waals surface area contributed by atoms with Crippen molar-refractivity contribution in [1.82, 2.24) is 14.3 Å². The Balaban J connectivity index is 1.68. The molecule has 3 rings (SSSR count). The molecule has 1 aromatic heterocycles. The lowest BCUT2D eigenvalue weighted by molar-refractivity contribution is -0.134. The maximum absolute atomic E-state index is 12.7. The fourth-order valence-corrected chi connectivity index (χ4v) is 4.13. The first-order valence-corrected chi connectivity index (χ1v) is 10.9. The Morgan fingerprint density at radius 1 is 1.33 bits per heavy atom. The molecule has 1 fully saturated rings. The Labute approximate surface area is 180 Å². The minimum absolute atomic E-state index is 0.00747. The standard InChI is InChI=1S/C21H28N4O4S/c1-6-29-17-9-14(7-8-16(17)28-5)15-10-18(26)25(11-15)13(4)20(27)23-21-22-19(12(2)3)24-30-21/h7-9,12-13,15H,6,10-11H2,1-5H3,(H,22,23,24,27). The summed E-state index contributed by atoms with van der Waals surface area (Å²) in [5, 5.41) is 3.24. The first-order valence-electron chi connectivity index (χ1n) is 10.1. The van der Waals surface area contributed by atoms with E-state index in [1.807, 2.05) is 39.0 Å². The van der Waals surface area contributed by atoms with E-state index < -0.39 is 6.04 Å². The molecule has 1 aliphatic heterocycles. The average molecular weight is 433 g/mol. The zero-order valence-electron chi connectivity index (χ0n) is 18.0. The van der Waals surface area contributed by atoms with Gasteiger partial charge in [0.05, 0.1) is 13.7 Å². The Morgan fingerprint density at radius 3 is 2.73 bits per heavy atom. The van der Waals surface area contributed by atoms with Crippen LogP contribution in [0.15, 0.2) is 18.2 Å². The van der Waals surface area contributed by atoms with Gasteiger partial charge in [-0.05, 0) is 31.5 Å². The highest BCUT2D eigenvalue weighted by atomic mass is 32.1. The molecule has 9 heteroatoms. The second kappa shape index (κ2) is 9.42. The predicted octanol–water partition coefficient (Wildman–Crippen LogP) is 3.41. The molecule has 0 radical (unpaired) electrons. The number of hydrogen-bond acceptors (Lipinski definition) is 7. The first kappa shape index (κ1) is 22.0. The lowest BCUT2D eigenvalue weighted by Gasteiger charge is -2.23. The van der Waals surface area contributed by atoms with Gasteiger partial charge in [0.1, 0.15) is 11.9 Å². The number of likely N-dealkylation sites (tertiary alicyclic amines) is 1. The summed E-state index contributed by atoms with van der Waals surface area (Å²) < 4.78 is 15.2. The van der Waals surface area contributed by atoms with Crippen molar-refractivity contribution in [3.63, 3.8) is 0 Å². The molecule has 8 nitrogen and oxygen atoms in total. The van der Waals surface area contributed by atoms with Crippen molar-refractivity contribution in [3.8, 4) is 11.5 Å². The van der Waals surface area contributed by atoms with E-state index >= 15 is 0 Å². The number of methoxy groups -OCH3 is 1. The van der Waals surface area contributed by atoms with Gasteiger partial charge in [-0.15, -0.1) is 0 Å². The van der Waals surface area contributed by atoms with Crippen LogP contribution in [0.4, 0.5) is 5.13 Å². The van der Waals surface area contributed by atoms with Crippen LogP contribution in [0.25, 0.3) is 0 Å². The van der Waals surface area contributed by atoms with Crippen LogP contribution in [0.5, 0.6) is 11.5 Å². The van der Waals surface area contributed by atoms with Crippen molar-refractivity contribution >= 4 is 28.5 Å². The number of benzene rings is 1. The maximum atomic E-state index is 12.7. The zero-order chi connectivity index (χ0) is 21.8. The molecular weight excluding hydrogens is 404 g/mol. The van der Waals surface area contributed by atoms with Crippen LogP contribution in [0, 0.1) is 0 Å². The lowest BCUT2D eigenvalue weighted by atomic mass is 9.98. The van der Waals surface area contributed by atoms with Crippen molar-refractivity contribution in [1.29, 1.82) is 0 Å². The summed E-state index contributed by atoms with van der Waals surface area (Å²) >= 11 is 1.15. The third-order valence-corrected chi connectivity index (χ3v) is 5.80. The molecule has 1 N–H and O–H groups in total. The quantitative estimate of drug-likeness (QED) is 0.687. The van der Waals surface area contributed by atoms with E-state index in [2.05, 4.69) is 14.7 Å². The number of hydrogen-bond donors (Lipinski definition) is 1. The zero-order valence-corrected chi connectivity index (χ0v) is 18.8. The highest BCUT2D eigenvalue weighted by Crippen LogP contribution is 2.35. The average Bonchev–Trinajstić information content (AvgIpc) is 3.34. The normalized spacial score (nSPS) is 17.3. The van der Waals surface area contributed by atoms with Crippen LogP contribution in [-0.2, 0) is 9.59 Å². The van der Waals surface area contributed by atoms with Crippen LogP contribution in [0.1, 0.15) is 57.3 Å². The second-order valence-electron chi connectivity index (χ2n) is 7.57. The molecule has 1 aliphatic rings. The van der Waals surface area contributed by atoms with Crippen LogP contribution in [-0.4, -0.2) is 52.4 Å². The predicted molar refractivity (Wildman–Crippen MR) is 115 cm³/mol. The first-order chi connectivity index (χ1) is 14.3. The number of carbonyl (C=O) groups is 2. The van der Waals surface area contributed by atoms with Gasteiger partial charge in [0.2, 0.25) is 16.9 Å². The monoisotopic (exact) mass is 432 g/mol. The van der Waals surface area contributed by atoms with Crippen LogP contribution in [0.3, 0.4) is 0 Å². The largest absolute Gasteiger partial charge is 0.493 e. The molecule has 0 bridgehead atoms. The molecule has 1 aromatic carbocycles. The van der Waals surface area contributed by atoms with Gasteiger partial charge in [-0.1, -0.05) is 19.9 Å². The SMILES string of the molecule is CCOc1cc(C2CC(=O)N(C(C)C(=O)Nc3nc(C(C)C)ns3)C2)ccc1OC. The van der Waals surface area contributed by atoms with Gasteiger partial charge in [-0.25, -0.2) is 4.98 Å². The van der Waals surface area contributed by atoms with E-state index in [0.717, 1.165) is 17.1 Å². The minimum Gasteiger partial charge on any atom is -0.493 e. The fourth-order valence-electron chi connectivity index (χ4n) is 3.42. The Bertz CT molecular complexity index is 914. The summed E-state index contributed by atoms with van der Waals surface area (Å²) in [6, 6.07) is 5.12. The maximum Gasteiger partial charge on any atom is 0.248 e. The van der Waals surface area contributed by atoms with Crippen LogP contribution in [0.2, 0.25) is 0 Å². The molecule has 2 unspecified atom stereocenters. The summed E-state index contributed by atoms with van der Waals surface area (Å²) in [5.41, 5.74) is 0.994.